The molecule has 0 saturated carbocycles. The Morgan fingerprint density at radius 1 is 1.00 bits per heavy atom. The first kappa shape index (κ1) is 23.7. The van der Waals surface area contributed by atoms with Gasteiger partial charge in [0.2, 0.25) is 5.95 Å². The van der Waals surface area contributed by atoms with Crippen LogP contribution in [-0.4, -0.2) is 57.5 Å². The van der Waals surface area contributed by atoms with E-state index in [2.05, 4.69) is 52.3 Å². The van der Waals surface area contributed by atoms with Crippen LogP contribution in [0.15, 0.2) is 70.3 Å². The Kier molecular flexibility index (Phi) is 6.19. The van der Waals surface area contributed by atoms with Gasteiger partial charge in [0.05, 0.1) is 16.4 Å². The second-order valence-corrected chi connectivity index (χ2v) is 10.4. The smallest absolute Gasteiger partial charge is 0.282 e. The summed E-state index contributed by atoms with van der Waals surface area (Å²) in [6, 6.07) is 15.6. The molecule has 0 spiro atoms. The van der Waals surface area contributed by atoms with Crippen molar-refractivity contribution in [2.75, 3.05) is 43.4 Å². The van der Waals surface area contributed by atoms with E-state index in [0.717, 1.165) is 37.6 Å². The quantitative estimate of drug-likeness (QED) is 0.340. The minimum absolute atomic E-state index is 0.228. The summed E-state index contributed by atoms with van der Waals surface area (Å²) < 4.78 is 3.35. The molecule has 8 nitrogen and oxygen atoms in total. The maximum Gasteiger partial charge on any atom is 0.282 e. The number of rotatable bonds is 5. The SMILES string of the molecule is Cc1cc(Nc2ncc3c(=O)n(-c4ccccc4Cl)n(-c4ccsc4)c3n2)ccc1N1CCN(C)CC1. The van der Waals surface area contributed by atoms with Crippen LogP contribution in [0, 0.1) is 6.92 Å². The van der Waals surface area contributed by atoms with Gasteiger partial charge in [-0.05, 0) is 61.3 Å². The molecule has 0 atom stereocenters. The third-order valence-corrected chi connectivity index (χ3v) is 7.71. The number of aromatic nitrogens is 4. The first-order chi connectivity index (χ1) is 18.0. The zero-order valence-corrected chi connectivity index (χ0v) is 22.1. The van der Waals surface area contributed by atoms with Gasteiger partial charge in [0.1, 0.15) is 5.39 Å². The molecule has 188 valence electrons. The zero-order chi connectivity index (χ0) is 25.5. The number of hydrogen-bond donors (Lipinski definition) is 1. The van der Waals surface area contributed by atoms with Crippen molar-refractivity contribution in [3.8, 4) is 11.4 Å². The van der Waals surface area contributed by atoms with Crippen molar-refractivity contribution in [2.45, 2.75) is 6.92 Å². The van der Waals surface area contributed by atoms with Gasteiger partial charge in [-0.25, -0.2) is 14.3 Å². The maximum atomic E-state index is 13.5. The van der Waals surface area contributed by atoms with E-state index in [1.807, 2.05) is 35.0 Å². The van der Waals surface area contributed by atoms with E-state index in [4.69, 9.17) is 16.6 Å². The van der Waals surface area contributed by atoms with Crippen molar-refractivity contribution >= 4 is 51.3 Å². The highest BCUT2D eigenvalue weighted by Crippen LogP contribution is 2.28. The summed E-state index contributed by atoms with van der Waals surface area (Å²) in [5.41, 5.74) is 5.02. The minimum atomic E-state index is -0.228. The average molecular weight is 532 g/mol. The number of fused-ring (bicyclic) bond motifs is 1. The number of para-hydroxylation sites is 1. The molecule has 1 saturated heterocycles. The van der Waals surface area contributed by atoms with Gasteiger partial charge in [0.25, 0.3) is 5.56 Å². The molecule has 1 fully saturated rings. The topological polar surface area (TPSA) is 71.2 Å². The Hall–Kier alpha value is -3.66. The van der Waals surface area contributed by atoms with Crippen molar-refractivity contribution in [1.29, 1.82) is 0 Å². The van der Waals surface area contributed by atoms with Crippen LogP contribution in [-0.2, 0) is 0 Å². The molecule has 0 bridgehead atoms. The van der Waals surface area contributed by atoms with Gasteiger partial charge < -0.3 is 15.1 Å². The van der Waals surface area contributed by atoms with Crippen molar-refractivity contribution in [3.05, 3.63) is 86.4 Å². The second-order valence-electron chi connectivity index (χ2n) is 9.21. The summed E-state index contributed by atoms with van der Waals surface area (Å²) in [5, 5.41) is 8.16. The molecule has 5 aromatic rings. The number of likely N-dealkylation sites (N-methyl/N-ethyl adjacent to an activating group) is 1. The molecule has 3 aromatic heterocycles. The Morgan fingerprint density at radius 3 is 2.54 bits per heavy atom. The van der Waals surface area contributed by atoms with Crippen LogP contribution >= 0.6 is 22.9 Å². The van der Waals surface area contributed by atoms with E-state index in [1.54, 1.807) is 33.0 Å². The number of anilines is 3. The van der Waals surface area contributed by atoms with Gasteiger partial charge in [-0.1, -0.05) is 23.7 Å². The predicted molar refractivity (Wildman–Crippen MR) is 152 cm³/mol. The molecule has 4 heterocycles. The van der Waals surface area contributed by atoms with Crippen LogP contribution in [0.5, 0.6) is 0 Å². The predicted octanol–water partition coefficient (Wildman–Crippen LogP) is 5.09. The second kappa shape index (κ2) is 9.66. The highest BCUT2D eigenvalue weighted by molar-refractivity contribution is 7.08. The lowest BCUT2D eigenvalue weighted by atomic mass is 10.1. The highest BCUT2D eigenvalue weighted by atomic mass is 35.5. The van der Waals surface area contributed by atoms with Crippen molar-refractivity contribution in [1.82, 2.24) is 24.2 Å². The molecule has 2 aromatic carbocycles. The fourth-order valence-corrected chi connectivity index (χ4v) is 5.60. The highest BCUT2D eigenvalue weighted by Gasteiger charge is 2.21. The number of piperazine rings is 1. The molecule has 1 N–H and O–H groups in total. The summed E-state index contributed by atoms with van der Waals surface area (Å²) >= 11 is 8.04. The number of benzene rings is 2. The van der Waals surface area contributed by atoms with Gasteiger partial charge in [-0.3, -0.25) is 4.79 Å². The Balaban J connectivity index is 1.39. The van der Waals surface area contributed by atoms with Gasteiger partial charge in [-0.15, -0.1) is 0 Å². The molecule has 0 aliphatic carbocycles. The molecule has 6 rings (SSSR count). The third kappa shape index (κ3) is 4.39. The van der Waals surface area contributed by atoms with Gasteiger partial charge >= 0.3 is 0 Å². The molecule has 1 aliphatic rings. The fourth-order valence-electron chi connectivity index (χ4n) is 4.77. The maximum absolute atomic E-state index is 13.5. The van der Waals surface area contributed by atoms with E-state index < -0.39 is 0 Å². The Bertz CT molecular complexity index is 1630. The molecule has 0 unspecified atom stereocenters. The lowest BCUT2D eigenvalue weighted by molar-refractivity contribution is 0.312. The standard InChI is InChI=1S/C27H26ClN7OS/c1-18-15-19(7-8-23(18)33-12-10-32(2)11-13-33)30-27-29-16-21-25(31-27)34(20-9-14-37-17-20)35(26(21)36)24-6-4-3-5-22(24)28/h3-9,14-17H,10-13H2,1-2H3,(H,29,30,31). The van der Waals surface area contributed by atoms with E-state index >= 15 is 0 Å². The molecule has 10 heteroatoms. The Labute approximate surface area is 223 Å². The fraction of sp³-hybridized carbons (Fsp3) is 0.222. The summed E-state index contributed by atoms with van der Waals surface area (Å²) in [5.74, 6) is 0.416. The van der Waals surface area contributed by atoms with Crippen molar-refractivity contribution in [2.24, 2.45) is 0 Å². The van der Waals surface area contributed by atoms with Crippen molar-refractivity contribution < 1.29 is 0 Å². The van der Waals surface area contributed by atoms with E-state index in [9.17, 15) is 4.79 Å². The van der Waals surface area contributed by atoms with Crippen LogP contribution < -0.4 is 15.8 Å². The average Bonchev–Trinajstić information content (AvgIpc) is 3.52. The monoisotopic (exact) mass is 531 g/mol. The van der Waals surface area contributed by atoms with Crippen LogP contribution in [0.3, 0.4) is 0 Å². The lowest BCUT2D eigenvalue weighted by Crippen LogP contribution is -2.44. The van der Waals surface area contributed by atoms with Crippen LogP contribution in [0.25, 0.3) is 22.4 Å². The number of thiophene rings is 1. The number of hydrogen-bond acceptors (Lipinski definition) is 7. The summed E-state index contributed by atoms with van der Waals surface area (Å²) in [6.07, 6.45) is 1.58. The van der Waals surface area contributed by atoms with E-state index in [1.165, 1.54) is 11.3 Å². The summed E-state index contributed by atoms with van der Waals surface area (Å²) in [4.78, 5) is 27.5. The van der Waals surface area contributed by atoms with Crippen LogP contribution in [0.2, 0.25) is 5.02 Å². The number of halogens is 1. The van der Waals surface area contributed by atoms with Crippen LogP contribution in [0.4, 0.5) is 17.3 Å². The van der Waals surface area contributed by atoms with E-state index in [-0.39, 0.29) is 5.56 Å². The number of nitrogens with one attached hydrogen (secondary N) is 1. The van der Waals surface area contributed by atoms with Gasteiger partial charge in [0, 0.05) is 49.1 Å². The minimum Gasteiger partial charge on any atom is -0.369 e. The van der Waals surface area contributed by atoms with Crippen LogP contribution in [0.1, 0.15) is 5.56 Å². The molecular formula is C27H26ClN7OS. The zero-order valence-electron chi connectivity index (χ0n) is 20.6. The summed E-state index contributed by atoms with van der Waals surface area (Å²) in [6.45, 7) is 6.29. The molecular weight excluding hydrogens is 506 g/mol. The normalized spacial score (nSPS) is 14.4. The molecule has 0 amide bonds. The summed E-state index contributed by atoms with van der Waals surface area (Å²) in [7, 11) is 2.16. The first-order valence-corrected chi connectivity index (χ1v) is 13.4. The lowest BCUT2D eigenvalue weighted by Gasteiger charge is -2.35. The van der Waals surface area contributed by atoms with Gasteiger partial charge in [0.15, 0.2) is 5.65 Å². The van der Waals surface area contributed by atoms with Gasteiger partial charge in [-0.2, -0.15) is 16.3 Å². The molecule has 37 heavy (non-hydrogen) atoms. The Morgan fingerprint density at radius 2 is 1.81 bits per heavy atom. The van der Waals surface area contributed by atoms with Crippen molar-refractivity contribution in [3.63, 3.8) is 0 Å². The first-order valence-electron chi connectivity index (χ1n) is 12.1. The largest absolute Gasteiger partial charge is 0.369 e. The molecule has 0 radical (unpaired) electrons. The number of aryl methyl sites for hydroxylation is 1. The van der Waals surface area contributed by atoms with E-state index in [0.29, 0.717) is 27.7 Å². The molecule has 1 aliphatic heterocycles. The number of nitrogens with zero attached hydrogens (tertiary/aromatic N) is 6. The third-order valence-electron chi connectivity index (χ3n) is 6.72.